The van der Waals surface area contributed by atoms with Gasteiger partial charge in [-0.15, -0.1) is 0 Å². The molecule has 0 bridgehead atoms. The highest BCUT2D eigenvalue weighted by atomic mass is 16.2. The number of amides is 2. The Morgan fingerprint density at radius 1 is 1.44 bits per heavy atom. The summed E-state index contributed by atoms with van der Waals surface area (Å²) >= 11 is 0. The molecule has 1 atom stereocenters. The van der Waals surface area contributed by atoms with Crippen LogP contribution in [-0.2, 0) is 6.54 Å². The Balaban J connectivity index is 1.50. The smallest absolute Gasteiger partial charge is 0.317 e. The number of urea groups is 1. The fourth-order valence-electron chi connectivity index (χ4n) is 3.13. The van der Waals surface area contributed by atoms with Gasteiger partial charge in [0.05, 0.1) is 0 Å². The highest BCUT2D eigenvalue weighted by Crippen LogP contribution is 2.17. The Morgan fingerprint density at radius 2 is 2.32 bits per heavy atom. The predicted molar refractivity (Wildman–Crippen MR) is 96.4 cm³/mol. The molecule has 1 N–H and O–H groups in total. The molecular formula is C18H26N6O. The van der Waals surface area contributed by atoms with Gasteiger partial charge in [-0.2, -0.15) is 5.10 Å². The van der Waals surface area contributed by atoms with E-state index in [1.54, 1.807) is 17.1 Å². The van der Waals surface area contributed by atoms with Crippen LogP contribution < -0.4 is 5.32 Å². The molecule has 2 aromatic rings. The summed E-state index contributed by atoms with van der Waals surface area (Å²) in [4.78, 5) is 20.9. The molecule has 0 radical (unpaired) electrons. The lowest BCUT2D eigenvalue weighted by Crippen LogP contribution is -2.38. The SMILES string of the molecule is CCN(C)CC1CCN(C(=O)NCc2ccnc(-n3cccn3)c2)C1. The Hall–Kier alpha value is -2.41. The van der Waals surface area contributed by atoms with Crippen LogP contribution in [0.5, 0.6) is 0 Å². The van der Waals surface area contributed by atoms with Crippen molar-refractivity contribution in [2.75, 3.05) is 33.2 Å². The largest absolute Gasteiger partial charge is 0.334 e. The molecule has 25 heavy (non-hydrogen) atoms. The summed E-state index contributed by atoms with van der Waals surface area (Å²) < 4.78 is 1.71. The van der Waals surface area contributed by atoms with Crippen LogP contribution in [0.3, 0.4) is 0 Å². The standard InChI is InChI=1S/C18H26N6O/c1-3-22(2)13-16-6-10-23(14-16)18(25)20-12-15-5-8-19-17(11-15)24-9-4-7-21-24/h4-5,7-9,11,16H,3,6,10,12-14H2,1-2H3,(H,20,25). The van der Waals surface area contributed by atoms with Crippen LogP contribution in [0.1, 0.15) is 18.9 Å². The van der Waals surface area contributed by atoms with Crippen molar-refractivity contribution in [1.82, 2.24) is 29.9 Å². The molecular weight excluding hydrogens is 316 g/mol. The van der Waals surface area contributed by atoms with E-state index in [1.807, 2.05) is 29.3 Å². The van der Waals surface area contributed by atoms with E-state index in [9.17, 15) is 4.79 Å². The van der Waals surface area contributed by atoms with Gasteiger partial charge in [-0.3, -0.25) is 0 Å². The van der Waals surface area contributed by atoms with E-state index < -0.39 is 0 Å². The van der Waals surface area contributed by atoms with Gasteiger partial charge in [0.2, 0.25) is 0 Å². The lowest BCUT2D eigenvalue weighted by atomic mass is 10.1. The molecule has 0 spiro atoms. The van der Waals surface area contributed by atoms with Gasteiger partial charge in [0.1, 0.15) is 0 Å². The summed E-state index contributed by atoms with van der Waals surface area (Å²) in [5.74, 6) is 1.32. The third-order valence-corrected chi connectivity index (χ3v) is 4.68. The zero-order chi connectivity index (χ0) is 17.6. The third-order valence-electron chi connectivity index (χ3n) is 4.68. The maximum absolute atomic E-state index is 12.4. The number of nitrogens with zero attached hydrogens (tertiary/aromatic N) is 5. The second kappa shape index (κ2) is 8.11. The first-order valence-electron chi connectivity index (χ1n) is 8.82. The Bertz CT molecular complexity index is 687. The van der Waals surface area contributed by atoms with Crippen LogP contribution >= 0.6 is 0 Å². The second-order valence-corrected chi connectivity index (χ2v) is 6.59. The zero-order valence-electron chi connectivity index (χ0n) is 14.9. The first-order valence-corrected chi connectivity index (χ1v) is 8.82. The Kier molecular flexibility index (Phi) is 5.65. The lowest BCUT2D eigenvalue weighted by Gasteiger charge is -2.20. The van der Waals surface area contributed by atoms with Crippen LogP contribution in [0.2, 0.25) is 0 Å². The normalized spacial score (nSPS) is 17.2. The van der Waals surface area contributed by atoms with E-state index in [4.69, 9.17) is 0 Å². The third kappa shape index (κ3) is 4.57. The number of nitrogens with one attached hydrogen (secondary N) is 1. The fraction of sp³-hybridized carbons (Fsp3) is 0.500. The molecule has 1 aliphatic rings. The number of rotatable bonds is 6. The molecule has 7 heteroatoms. The van der Waals surface area contributed by atoms with Gasteiger partial charge in [-0.05, 0) is 49.7 Å². The minimum absolute atomic E-state index is 0.0131. The van der Waals surface area contributed by atoms with Crippen LogP contribution in [0, 0.1) is 5.92 Å². The van der Waals surface area contributed by atoms with E-state index in [-0.39, 0.29) is 6.03 Å². The molecule has 3 heterocycles. The van der Waals surface area contributed by atoms with Crippen molar-refractivity contribution in [2.24, 2.45) is 5.92 Å². The molecule has 0 saturated carbocycles. The van der Waals surface area contributed by atoms with Crippen molar-refractivity contribution in [2.45, 2.75) is 19.9 Å². The minimum atomic E-state index is 0.0131. The van der Waals surface area contributed by atoms with Gasteiger partial charge in [-0.1, -0.05) is 6.92 Å². The number of aromatic nitrogens is 3. The van der Waals surface area contributed by atoms with Crippen LogP contribution in [0.4, 0.5) is 4.79 Å². The topological polar surface area (TPSA) is 66.3 Å². The van der Waals surface area contributed by atoms with E-state index >= 15 is 0 Å². The first-order chi connectivity index (χ1) is 12.2. The fourth-order valence-corrected chi connectivity index (χ4v) is 3.13. The molecule has 0 aliphatic carbocycles. The number of likely N-dealkylation sites (tertiary alicyclic amines) is 1. The summed E-state index contributed by atoms with van der Waals surface area (Å²) in [5, 5.41) is 7.20. The number of carbonyl (C=O) groups is 1. The molecule has 1 saturated heterocycles. The second-order valence-electron chi connectivity index (χ2n) is 6.59. The van der Waals surface area contributed by atoms with Gasteiger partial charge in [-0.25, -0.2) is 14.5 Å². The summed E-state index contributed by atoms with van der Waals surface area (Å²) in [6.07, 6.45) is 6.39. The average molecular weight is 342 g/mol. The molecule has 1 fully saturated rings. The van der Waals surface area contributed by atoms with Crippen LogP contribution in [0.15, 0.2) is 36.8 Å². The van der Waals surface area contributed by atoms with Crippen LogP contribution in [-0.4, -0.2) is 63.8 Å². The molecule has 134 valence electrons. The maximum Gasteiger partial charge on any atom is 0.317 e. The van der Waals surface area contributed by atoms with E-state index in [1.165, 1.54) is 0 Å². The Morgan fingerprint density at radius 3 is 3.08 bits per heavy atom. The average Bonchev–Trinajstić information content (AvgIpc) is 3.32. The highest BCUT2D eigenvalue weighted by molar-refractivity contribution is 5.74. The molecule has 1 aliphatic heterocycles. The van der Waals surface area contributed by atoms with Gasteiger partial charge >= 0.3 is 6.03 Å². The van der Waals surface area contributed by atoms with Gasteiger partial charge in [0.15, 0.2) is 5.82 Å². The van der Waals surface area contributed by atoms with Crippen molar-refractivity contribution in [3.05, 3.63) is 42.4 Å². The summed E-state index contributed by atoms with van der Waals surface area (Å²) in [6.45, 7) is 6.42. The van der Waals surface area contributed by atoms with Gasteiger partial charge in [0.25, 0.3) is 0 Å². The van der Waals surface area contributed by atoms with Crippen molar-refractivity contribution in [1.29, 1.82) is 0 Å². The molecule has 3 rings (SSSR count). The quantitative estimate of drug-likeness (QED) is 0.868. The van der Waals surface area contributed by atoms with Crippen LogP contribution in [0.25, 0.3) is 5.82 Å². The predicted octanol–water partition coefficient (Wildman–Crippen LogP) is 1.75. The van der Waals surface area contributed by atoms with E-state index in [2.05, 4.69) is 34.3 Å². The van der Waals surface area contributed by atoms with Crippen molar-refractivity contribution in [3.8, 4) is 5.82 Å². The molecule has 7 nitrogen and oxygen atoms in total. The zero-order valence-corrected chi connectivity index (χ0v) is 14.9. The molecule has 2 amide bonds. The first kappa shape index (κ1) is 17.4. The number of pyridine rings is 1. The molecule has 2 aromatic heterocycles. The van der Waals surface area contributed by atoms with Gasteiger partial charge < -0.3 is 15.1 Å². The van der Waals surface area contributed by atoms with Gasteiger partial charge in [0, 0.05) is 44.8 Å². The van der Waals surface area contributed by atoms with Crippen molar-refractivity contribution >= 4 is 6.03 Å². The number of hydrogen-bond donors (Lipinski definition) is 1. The van der Waals surface area contributed by atoms with E-state index in [0.717, 1.165) is 44.0 Å². The van der Waals surface area contributed by atoms with Crippen molar-refractivity contribution < 1.29 is 4.79 Å². The summed E-state index contributed by atoms with van der Waals surface area (Å²) in [5.41, 5.74) is 1.01. The molecule has 1 unspecified atom stereocenters. The number of hydrogen-bond acceptors (Lipinski definition) is 4. The monoisotopic (exact) mass is 342 g/mol. The Labute approximate surface area is 148 Å². The minimum Gasteiger partial charge on any atom is -0.334 e. The summed E-state index contributed by atoms with van der Waals surface area (Å²) in [7, 11) is 2.13. The summed E-state index contributed by atoms with van der Waals surface area (Å²) in [6, 6.07) is 5.72. The highest BCUT2D eigenvalue weighted by Gasteiger charge is 2.26. The lowest BCUT2D eigenvalue weighted by molar-refractivity contribution is 0.204. The van der Waals surface area contributed by atoms with Crippen molar-refractivity contribution in [3.63, 3.8) is 0 Å². The van der Waals surface area contributed by atoms with E-state index in [0.29, 0.717) is 12.5 Å². The molecule has 0 aromatic carbocycles. The maximum atomic E-state index is 12.4. The number of carbonyl (C=O) groups excluding carboxylic acids is 1.